The lowest BCUT2D eigenvalue weighted by molar-refractivity contribution is -0.141. The highest BCUT2D eigenvalue weighted by Crippen LogP contribution is 2.18. The largest absolute Gasteiger partial charge is 0.497 e. The van der Waals surface area contributed by atoms with E-state index in [0.29, 0.717) is 11.3 Å². The molecule has 0 spiro atoms. The molecule has 1 unspecified atom stereocenters. The predicted molar refractivity (Wildman–Crippen MR) is 69.9 cm³/mol. The van der Waals surface area contributed by atoms with E-state index < -0.39 is 12.0 Å². The third-order valence-electron chi connectivity index (χ3n) is 2.28. The zero-order valence-electron chi connectivity index (χ0n) is 10.2. The Balaban J connectivity index is 2.83. The van der Waals surface area contributed by atoms with E-state index in [1.165, 1.54) is 18.9 Å². The Kier molecular flexibility index (Phi) is 5.51. The topological polar surface area (TPSA) is 75.6 Å². The molecule has 1 atom stereocenters. The van der Waals surface area contributed by atoms with Crippen molar-refractivity contribution in [1.82, 2.24) is 5.32 Å². The van der Waals surface area contributed by atoms with Gasteiger partial charge in [0.2, 0.25) is 5.91 Å². The Bertz CT molecular complexity index is 419. The maximum atomic E-state index is 11.4. The molecule has 98 valence electrons. The summed E-state index contributed by atoms with van der Waals surface area (Å²) in [5, 5.41) is 11.6. The summed E-state index contributed by atoms with van der Waals surface area (Å²) in [5.74, 6) is -0.515. The summed E-state index contributed by atoms with van der Waals surface area (Å²) in [6.45, 7) is 0. The number of hydrogen-bond donors (Lipinski definition) is 2. The number of amides is 1. The first-order valence-electron chi connectivity index (χ1n) is 5.23. The van der Waals surface area contributed by atoms with Crippen LogP contribution in [-0.4, -0.2) is 36.1 Å². The molecule has 0 radical (unpaired) electrons. The number of carboxylic acid groups (broad SMARTS) is 1. The molecule has 18 heavy (non-hydrogen) atoms. The molecule has 1 amide bonds. The van der Waals surface area contributed by atoms with Crippen molar-refractivity contribution in [2.75, 3.05) is 19.1 Å². The van der Waals surface area contributed by atoms with E-state index in [1.807, 2.05) is 0 Å². The summed E-state index contributed by atoms with van der Waals surface area (Å²) in [6.07, 6.45) is 1.78. The lowest BCUT2D eigenvalue weighted by Gasteiger charge is -2.14. The van der Waals surface area contributed by atoms with Gasteiger partial charge in [-0.2, -0.15) is 11.8 Å². The fourth-order valence-corrected chi connectivity index (χ4v) is 1.76. The third kappa shape index (κ3) is 3.96. The number of benzene rings is 1. The maximum absolute atomic E-state index is 11.4. The molecule has 0 bridgehead atoms. The van der Waals surface area contributed by atoms with Crippen LogP contribution in [-0.2, 0) is 9.59 Å². The van der Waals surface area contributed by atoms with Crippen LogP contribution >= 0.6 is 11.8 Å². The van der Waals surface area contributed by atoms with Gasteiger partial charge in [0.1, 0.15) is 5.75 Å². The van der Waals surface area contributed by atoms with Crippen LogP contribution in [0.1, 0.15) is 11.6 Å². The van der Waals surface area contributed by atoms with E-state index in [2.05, 4.69) is 5.32 Å². The van der Waals surface area contributed by atoms with E-state index in [4.69, 9.17) is 9.84 Å². The lowest BCUT2D eigenvalue weighted by atomic mass is 10.1. The van der Waals surface area contributed by atoms with Gasteiger partial charge in [-0.25, -0.2) is 4.79 Å². The minimum absolute atomic E-state index is 0.236. The Morgan fingerprint density at radius 2 is 2.00 bits per heavy atom. The van der Waals surface area contributed by atoms with Gasteiger partial charge in [0, 0.05) is 0 Å². The average molecular weight is 269 g/mol. The molecule has 0 aliphatic rings. The average Bonchev–Trinajstić information content (AvgIpc) is 2.36. The van der Waals surface area contributed by atoms with E-state index in [9.17, 15) is 9.59 Å². The van der Waals surface area contributed by atoms with Crippen LogP contribution in [0.3, 0.4) is 0 Å². The minimum Gasteiger partial charge on any atom is -0.497 e. The van der Waals surface area contributed by atoms with Crippen LogP contribution in [0.2, 0.25) is 0 Å². The van der Waals surface area contributed by atoms with Crippen LogP contribution in [0.15, 0.2) is 24.3 Å². The zero-order chi connectivity index (χ0) is 13.5. The van der Waals surface area contributed by atoms with Crippen LogP contribution < -0.4 is 10.1 Å². The van der Waals surface area contributed by atoms with Crippen molar-refractivity contribution < 1.29 is 19.4 Å². The molecule has 0 saturated heterocycles. The Labute approximate surface area is 110 Å². The normalized spacial score (nSPS) is 11.7. The molecule has 6 heteroatoms. The Hall–Kier alpha value is -1.69. The molecule has 2 N–H and O–H groups in total. The molecule has 0 aromatic heterocycles. The van der Waals surface area contributed by atoms with Crippen LogP contribution in [0.5, 0.6) is 5.75 Å². The van der Waals surface area contributed by atoms with Crippen molar-refractivity contribution in [3.63, 3.8) is 0 Å². The summed E-state index contributed by atoms with van der Waals surface area (Å²) in [4.78, 5) is 22.6. The SMILES string of the molecule is COc1ccc(C(NC(=O)CSC)C(=O)O)cc1. The summed E-state index contributed by atoms with van der Waals surface area (Å²) in [5.41, 5.74) is 0.512. The smallest absolute Gasteiger partial charge is 0.330 e. The third-order valence-corrected chi connectivity index (χ3v) is 2.83. The van der Waals surface area contributed by atoms with Crippen LogP contribution in [0, 0.1) is 0 Å². The lowest BCUT2D eigenvalue weighted by Crippen LogP contribution is -2.34. The van der Waals surface area contributed by atoms with Gasteiger partial charge in [-0.05, 0) is 24.0 Å². The highest BCUT2D eigenvalue weighted by molar-refractivity contribution is 7.99. The molecule has 0 saturated carbocycles. The molecule has 5 nitrogen and oxygen atoms in total. The second-order valence-electron chi connectivity index (χ2n) is 3.54. The quantitative estimate of drug-likeness (QED) is 0.814. The van der Waals surface area contributed by atoms with Gasteiger partial charge in [0.25, 0.3) is 0 Å². The molecule has 1 aromatic carbocycles. The van der Waals surface area contributed by atoms with Crippen molar-refractivity contribution in [2.45, 2.75) is 6.04 Å². The van der Waals surface area contributed by atoms with Crippen molar-refractivity contribution in [3.05, 3.63) is 29.8 Å². The number of rotatable bonds is 6. The number of methoxy groups -OCH3 is 1. The number of nitrogens with one attached hydrogen (secondary N) is 1. The van der Waals surface area contributed by atoms with Crippen molar-refractivity contribution >= 4 is 23.6 Å². The number of thioether (sulfide) groups is 1. The first-order valence-corrected chi connectivity index (χ1v) is 6.63. The number of hydrogen-bond acceptors (Lipinski definition) is 4. The molecule has 0 aliphatic carbocycles. The van der Waals surface area contributed by atoms with Gasteiger partial charge >= 0.3 is 5.97 Å². The number of carbonyl (C=O) groups is 2. The zero-order valence-corrected chi connectivity index (χ0v) is 11.0. The van der Waals surface area contributed by atoms with Crippen molar-refractivity contribution in [3.8, 4) is 5.75 Å². The highest BCUT2D eigenvalue weighted by Gasteiger charge is 2.21. The second-order valence-corrected chi connectivity index (χ2v) is 4.41. The monoisotopic (exact) mass is 269 g/mol. The molecular weight excluding hydrogens is 254 g/mol. The Morgan fingerprint density at radius 3 is 2.44 bits per heavy atom. The van der Waals surface area contributed by atoms with Gasteiger partial charge in [-0.3, -0.25) is 4.79 Å². The summed E-state index contributed by atoms with van der Waals surface area (Å²) >= 11 is 1.34. The highest BCUT2D eigenvalue weighted by atomic mass is 32.2. The van der Waals surface area contributed by atoms with E-state index >= 15 is 0 Å². The van der Waals surface area contributed by atoms with Crippen LogP contribution in [0.4, 0.5) is 0 Å². The summed E-state index contributed by atoms with van der Waals surface area (Å²) in [6, 6.07) is 5.53. The first kappa shape index (κ1) is 14.4. The van der Waals surface area contributed by atoms with Gasteiger partial charge in [-0.1, -0.05) is 12.1 Å². The number of aliphatic carboxylic acids is 1. The fraction of sp³-hybridized carbons (Fsp3) is 0.333. The summed E-state index contributed by atoms with van der Waals surface area (Å²) in [7, 11) is 1.53. The van der Waals surface area contributed by atoms with Crippen LogP contribution in [0.25, 0.3) is 0 Å². The molecular formula is C12H15NO4S. The number of ether oxygens (including phenoxy) is 1. The minimum atomic E-state index is -1.09. The van der Waals surface area contributed by atoms with Gasteiger partial charge in [0.15, 0.2) is 6.04 Å². The number of carbonyl (C=O) groups excluding carboxylic acids is 1. The van der Waals surface area contributed by atoms with E-state index in [0.717, 1.165) is 0 Å². The van der Waals surface area contributed by atoms with E-state index in [1.54, 1.807) is 30.5 Å². The Morgan fingerprint density at radius 1 is 1.39 bits per heavy atom. The van der Waals surface area contributed by atoms with Crippen molar-refractivity contribution in [2.24, 2.45) is 0 Å². The standard InChI is InChI=1S/C12H15NO4S/c1-17-9-5-3-8(4-6-9)11(12(15)16)13-10(14)7-18-2/h3-6,11H,7H2,1-2H3,(H,13,14)(H,15,16). The maximum Gasteiger partial charge on any atom is 0.330 e. The molecule has 0 fully saturated rings. The molecule has 0 aliphatic heterocycles. The van der Waals surface area contributed by atoms with Gasteiger partial charge < -0.3 is 15.2 Å². The predicted octanol–water partition coefficient (Wildman–Crippen LogP) is 1.30. The first-order chi connectivity index (χ1) is 8.58. The molecule has 1 rings (SSSR count). The molecule has 0 heterocycles. The summed E-state index contributed by atoms with van der Waals surface area (Å²) < 4.78 is 4.99. The fourth-order valence-electron chi connectivity index (χ4n) is 1.42. The van der Waals surface area contributed by atoms with E-state index in [-0.39, 0.29) is 11.7 Å². The van der Waals surface area contributed by atoms with Gasteiger partial charge in [-0.15, -0.1) is 0 Å². The van der Waals surface area contributed by atoms with Gasteiger partial charge in [0.05, 0.1) is 12.9 Å². The molecule has 1 aromatic rings. The van der Waals surface area contributed by atoms with Crippen molar-refractivity contribution in [1.29, 1.82) is 0 Å². The number of carboxylic acids is 1. The second kappa shape index (κ2) is 6.90.